The van der Waals surface area contributed by atoms with Crippen LogP contribution in [0.2, 0.25) is 0 Å². The highest BCUT2D eigenvalue weighted by molar-refractivity contribution is 7.98. The van der Waals surface area contributed by atoms with E-state index in [1.165, 1.54) is 29.2 Å². The molecule has 0 radical (unpaired) electrons. The van der Waals surface area contributed by atoms with Crippen LogP contribution in [0.5, 0.6) is 0 Å². The van der Waals surface area contributed by atoms with Crippen LogP contribution < -0.4 is 0 Å². The lowest BCUT2D eigenvalue weighted by molar-refractivity contribution is 0.0531. The number of nitrogens with zero attached hydrogens (tertiary/aromatic N) is 3. The van der Waals surface area contributed by atoms with E-state index in [1.54, 1.807) is 19.1 Å². The summed E-state index contributed by atoms with van der Waals surface area (Å²) in [7, 11) is -1.11. The van der Waals surface area contributed by atoms with E-state index in [9.17, 15) is 17.6 Å². The number of rotatable bonds is 7. The molecule has 0 saturated carbocycles. The molecule has 7 nitrogen and oxygen atoms in total. The third kappa shape index (κ3) is 4.63. The Hall–Kier alpha value is -1.98. The van der Waals surface area contributed by atoms with Crippen LogP contribution in [-0.2, 0) is 33.8 Å². The topological polar surface area (TPSA) is 91.2 Å². The number of halogens is 1. The van der Waals surface area contributed by atoms with Gasteiger partial charge in [0.25, 0.3) is 0 Å². The first-order valence-electron chi connectivity index (χ1n) is 9.87. The monoisotopic (exact) mass is 483 g/mol. The molecule has 1 saturated heterocycles. The van der Waals surface area contributed by atoms with Gasteiger partial charge in [0.15, 0.2) is 15.0 Å². The Labute approximate surface area is 187 Å². The predicted molar refractivity (Wildman–Crippen MR) is 119 cm³/mol. The summed E-state index contributed by atoms with van der Waals surface area (Å²) in [4.78, 5) is 12.8. The maximum atomic E-state index is 14.6. The highest BCUT2D eigenvalue weighted by atomic mass is 32.2. The van der Waals surface area contributed by atoms with Gasteiger partial charge in [0, 0.05) is 29.3 Å². The molecular formula is C20H22FN3O4S3. The molecule has 1 aliphatic rings. The molecular weight excluding hydrogens is 461 g/mol. The molecule has 2 aromatic heterocycles. The number of esters is 1. The number of hydrogen-bond acceptors (Lipinski definition) is 8. The second kappa shape index (κ2) is 8.87. The van der Waals surface area contributed by atoms with Crippen LogP contribution in [0.1, 0.15) is 34.4 Å². The van der Waals surface area contributed by atoms with Crippen molar-refractivity contribution in [2.75, 3.05) is 18.1 Å². The molecule has 1 atom stereocenters. The molecule has 31 heavy (non-hydrogen) atoms. The van der Waals surface area contributed by atoms with E-state index < -0.39 is 15.8 Å². The first-order valence-corrected chi connectivity index (χ1v) is 13.5. The van der Waals surface area contributed by atoms with Crippen LogP contribution in [0, 0.1) is 11.7 Å². The van der Waals surface area contributed by atoms with Crippen molar-refractivity contribution in [2.45, 2.75) is 30.7 Å². The van der Waals surface area contributed by atoms with E-state index in [1.807, 2.05) is 11.6 Å². The van der Waals surface area contributed by atoms with Crippen molar-refractivity contribution in [3.8, 4) is 0 Å². The number of carbonyl (C=O) groups excluding carboxylic acids is 1. The lowest BCUT2D eigenvalue weighted by Crippen LogP contribution is -2.11. The second-order valence-corrected chi connectivity index (χ2v) is 11.7. The van der Waals surface area contributed by atoms with Gasteiger partial charge < -0.3 is 9.30 Å². The Morgan fingerprint density at radius 2 is 2.19 bits per heavy atom. The molecule has 4 rings (SSSR count). The minimum absolute atomic E-state index is 0.0519. The summed E-state index contributed by atoms with van der Waals surface area (Å²) in [5.74, 6) is 0.683. The van der Waals surface area contributed by atoms with E-state index in [4.69, 9.17) is 4.74 Å². The number of hydrogen-bond donors (Lipinski definition) is 0. The molecule has 0 amide bonds. The molecule has 1 fully saturated rings. The van der Waals surface area contributed by atoms with Gasteiger partial charge in [-0.1, -0.05) is 17.8 Å². The van der Waals surface area contributed by atoms with Crippen LogP contribution in [0.4, 0.5) is 4.39 Å². The molecule has 166 valence electrons. The predicted octanol–water partition coefficient (Wildman–Crippen LogP) is 3.62. The number of benzene rings is 1. The van der Waals surface area contributed by atoms with Crippen molar-refractivity contribution < 1.29 is 22.3 Å². The van der Waals surface area contributed by atoms with Crippen molar-refractivity contribution in [3.63, 3.8) is 0 Å². The molecule has 0 spiro atoms. The van der Waals surface area contributed by atoms with Crippen molar-refractivity contribution in [3.05, 3.63) is 40.3 Å². The molecule has 3 heterocycles. The van der Waals surface area contributed by atoms with E-state index in [0.717, 1.165) is 5.82 Å². The zero-order valence-corrected chi connectivity index (χ0v) is 19.6. The Morgan fingerprint density at radius 3 is 2.90 bits per heavy atom. The lowest BCUT2D eigenvalue weighted by atomic mass is 10.1. The van der Waals surface area contributed by atoms with Crippen molar-refractivity contribution in [1.29, 1.82) is 0 Å². The average molecular weight is 484 g/mol. The van der Waals surface area contributed by atoms with Crippen molar-refractivity contribution >= 4 is 49.0 Å². The highest BCUT2D eigenvalue weighted by Gasteiger charge is 2.29. The Balaban J connectivity index is 1.56. The zero-order valence-electron chi connectivity index (χ0n) is 17.1. The highest BCUT2D eigenvalue weighted by Crippen LogP contribution is 2.37. The smallest absolute Gasteiger partial charge is 0.348 e. The number of fused-ring (bicyclic) bond motifs is 1. The summed E-state index contributed by atoms with van der Waals surface area (Å²) in [6.45, 7) is 1.97. The Kier molecular flexibility index (Phi) is 6.36. The Morgan fingerprint density at radius 1 is 1.39 bits per heavy atom. The Bertz CT molecular complexity index is 1240. The summed E-state index contributed by atoms with van der Waals surface area (Å²) in [6, 6.07) is 4.79. The maximum Gasteiger partial charge on any atom is 0.348 e. The molecule has 0 N–H and O–H groups in total. The van der Waals surface area contributed by atoms with Gasteiger partial charge in [-0.3, -0.25) is 0 Å². The quantitative estimate of drug-likeness (QED) is 0.374. The number of sulfone groups is 1. The number of thiophene rings is 1. The van der Waals surface area contributed by atoms with Crippen LogP contribution in [0.25, 0.3) is 10.1 Å². The normalized spacial score (nSPS) is 18.0. The van der Waals surface area contributed by atoms with Gasteiger partial charge in [-0.25, -0.2) is 17.6 Å². The van der Waals surface area contributed by atoms with Gasteiger partial charge in [0.05, 0.1) is 18.1 Å². The molecule has 0 bridgehead atoms. The van der Waals surface area contributed by atoms with Crippen molar-refractivity contribution in [2.24, 2.45) is 13.0 Å². The van der Waals surface area contributed by atoms with Gasteiger partial charge in [-0.05, 0) is 37.0 Å². The molecule has 11 heteroatoms. The second-order valence-electron chi connectivity index (χ2n) is 7.46. The lowest BCUT2D eigenvalue weighted by Gasteiger charge is -2.08. The summed E-state index contributed by atoms with van der Waals surface area (Å²) in [6.07, 6.45) is 1.19. The standard InChI is InChI=1S/C20H22FN3O4S3/c1-3-28-19(25)18-13(17-14(21)5-4-6-15(17)30-18)10-29-20-23-22-16(24(20)2)9-12-7-8-31(26,27)11-12/h4-6,12H,3,7-11H2,1-2H3. The van der Waals surface area contributed by atoms with E-state index in [-0.39, 0.29) is 29.8 Å². The van der Waals surface area contributed by atoms with E-state index in [0.29, 0.717) is 44.3 Å². The molecule has 1 unspecified atom stereocenters. The van der Waals surface area contributed by atoms with Crippen LogP contribution in [0.3, 0.4) is 0 Å². The zero-order chi connectivity index (χ0) is 22.2. The summed E-state index contributed by atoms with van der Waals surface area (Å²) >= 11 is 2.58. The van der Waals surface area contributed by atoms with Crippen molar-refractivity contribution in [1.82, 2.24) is 14.8 Å². The molecule has 0 aliphatic carbocycles. The average Bonchev–Trinajstić information content (AvgIpc) is 3.37. The first kappa shape index (κ1) is 22.2. The fourth-order valence-corrected chi connectivity index (χ4v) is 7.78. The third-order valence-corrected chi connectivity index (χ3v) is 9.35. The molecule has 1 aliphatic heterocycles. The summed E-state index contributed by atoms with van der Waals surface area (Å²) < 4.78 is 45.7. The minimum atomic E-state index is -2.94. The number of ether oxygens (including phenoxy) is 1. The fraction of sp³-hybridized carbons (Fsp3) is 0.450. The summed E-state index contributed by atoms with van der Waals surface area (Å²) in [5.41, 5.74) is 0.591. The van der Waals surface area contributed by atoms with Gasteiger partial charge >= 0.3 is 5.97 Å². The van der Waals surface area contributed by atoms with Gasteiger partial charge in [-0.2, -0.15) is 0 Å². The number of carbonyl (C=O) groups is 1. The SMILES string of the molecule is CCOC(=O)c1sc2cccc(F)c2c1CSc1nnc(CC2CCS(=O)(=O)C2)n1C. The fourth-order valence-electron chi connectivity index (χ4n) is 3.74. The van der Waals surface area contributed by atoms with E-state index >= 15 is 0 Å². The van der Waals surface area contributed by atoms with E-state index in [2.05, 4.69) is 10.2 Å². The van der Waals surface area contributed by atoms with Gasteiger partial charge in [0.1, 0.15) is 16.5 Å². The maximum absolute atomic E-state index is 14.6. The van der Waals surface area contributed by atoms with Crippen LogP contribution >= 0.6 is 23.1 Å². The summed E-state index contributed by atoms with van der Waals surface area (Å²) in [5, 5.41) is 9.51. The van der Waals surface area contributed by atoms with Gasteiger partial charge in [0.2, 0.25) is 0 Å². The van der Waals surface area contributed by atoms with Gasteiger partial charge in [-0.15, -0.1) is 21.5 Å². The third-order valence-electron chi connectivity index (χ3n) is 5.29. The van der Waals surface area contributed by atoms with Crippen LogP contribution in [0.15, 0.2) is 23.4 Å². The number of thioether (sulfide) groups is 1. The first-order chi connectivity index (χ1) is 14.8. The molecule has 3 aromatic rings. The minimum Gasteiger partial charge on any atom is -0.462 e. The largest absolute Gasteiger partial charge is 0.462 e. The van der Waals surface area contributed by atoms with Crippen LogP contribution in [-0.4, -0.2) is 47.3 Å². The number of aromatic nitrogens is 3. The molecule has 1 aromatic carbocycles.